The second-order valence-electron chi connectivity index (χ2n) is 7.03. The van der Waals surface area contributed by atoms with Gasteiger partial charge in [0.1, 0.15) is 17.2 Å². The molecule has 1 N–H and O–H groups in total. The second kappa shape index (κ2) is 10.5. The van der Waals surface area contributed by atoms with Crippen molar-refractivity contribution in [2.24, 2.45) is 5.92 Å². The molecule has 0 aromatic heterocycles. The molecule has 32 heavy (non-hydrogen) atoms. The van der Waals surface area contributed by atoms with Crippen LogP contribution in [-0.4, -0.2) is 51.8 Å². The third kappa shape index (κ3) is 5.29. The van der Waals surface area contributed by atoms with E-state index in [1.54, 1.807) is 42.5 Å². The van der Waals surface area contributed by atoms with E-state index < -0.39 is 24.4 Å². The molecule has 3 rings (SSSR count). The van der Waals surface area contributed by atoms with E-state index in [2.05, 4.69) is 5.32 Å². The lowest BCUT2D eigenvalue weighted by atomic mass is 10.1. The van der Waals surface area contributed by atoms with Crippen LogP contribution in [0.2, 0.25) is 0 Å². The number of esters is 1. The normalized spacial score (nSPS) is 15.3. The first kappa shape index (κ1) is 22.9. The van der Waals surface area contributed by atoms with Crippen molar-refractivity contribution in [3.8, 4) is 17.2 Å². The van der Waals surface area contributed by atoms with Crippen LogP contribution in [-0.2, 0) is 19.1 Å². The molecule has 2 aromatic rings. The summed E-state index contributed by atoms with van der Waals surface area (Å²) in [7, 11) is 3.03. The molecule has 1 atom stereocenters. The standard InChI is InChI=1S/C23H26N2O7/c1-4-31-19-8-6-5-7-17(19)24-21(26)14-32-23(28)15-11-22(27)25(13-15)18-10-9-16(29-2)12-20(18)30-3/h5-10,12,15H,4,11,13-14H2,1-3H3,(H,24,26)/t15-/m0/s1. The average Bonchev–Trinajstić information content (AvgIpc) is 3.19. The molecule has 2 aromatic carbocycles. The van der Waals surface area contributed by atoms with Gasteiger partial charge in [0.25, 0.3) is 5.91 Å². The Balaban J connectivity index is 1.58. The van der Waals surface area contributed by atoms with Gasteiger partial charge in [0.15, 0.2) is 6.61 Å². The average molecular weight is 442 g/mol. The molecule has 1 fully saturated rings. The number of rotatable bonds is 9. The maximum atomic E-state index is 12.5. The number of carbonyl (C=O) groups is 3. The van der Waals surface area contributed by atoms with Crippen molar-refractivity contribution in [1.29, 1.82) is 0 Å². The summed E-state index contributed by atoms with van der Waals surface area (Å²) in [5.74, 6) is -0.447. The van der Waals surface area contributed by atoms with Crippen LogP contribution >= 0.6 is 0 Å². The molecule has 0 bridgehead atoms. The summed E-state index contributed by atoms with van der Waals surface area (Å²) >= 11 is 0. The zero-order valence-electron chi connectivity index (χ0n) is 18.3. The van der Waals surface area contributed by atoms with Crippen molar-refractivity contribution < 1.29 is 33.3 Å². The smallest absolute Gasteiger partial charge is 0.311 e. The van der Waals surface area contributed by atoms with Gasteiger partial charge in [-0.05, 0) is 31.2 Å². The summed E-state index contributed by atoms with van der Waals surface area (Å²) in [6.07, 6.45) is -0.0111. The molecular formula is C23H26N2O7. The molecule has 0 spiro atoms. The Morgan fingerprint density at radius 3 is 2.59 bits per heavy atom. The van der Waals surface area contributed by atoms with Gasteiger partial charge >= 0.3 is 5.97 Å². The molecule has 0 unspecified atom stereocenters. The van der Waals surface area contributed by atoms with Crippen LogP contribution in [0.5, 0.6) is 17.2 Å². The van der Waals surface area contributed by atoms with E-state index in [0.717, 1.165) is 0 Å². The highest BCUT2D eigenvalue weighted by molar-refractivity contribution is 6.01. The molecule has 1 heterocycles. The van der Waals surface area contributed by atoms with Gasteiger partial charge in [-0.25, -0.2) is 0 Å². The van der Waals surface area contributed by atoms with E-state index in [1.165, 1.54) is 19.1 Å². The zero-order valence-corrected chi connectivity index (χ0v) is 18.3. The Morgan fingerprint density at radius 1 is 1.09 bits per heavy atom. The number of para-hydroxylation sites is 2. The lowest BCUT2D eigenvalue weighted by Gasteiger charge is -2.20. The molecule has 0 radical (unpaired) electrons. The van der Waals surface area contributed by atoms with Gasteiger partial charge in [0, 0.05) is 19.0 Å². The molecule has 1 aliphatic heterocycles. The topological polar surface area (TPSA) is 103 Å². The zero-order chi connectivity index (χ0) is 23.1. The summed E-state index contributed by atoms with van der Waals surface area (Å²) < 4.78 is 21.2. The van der Waals surface area contributed by atoms with Crippen LogP contribution < -0.4 is 24.4 Å². The number of carbonyl (C=O) groups excluding carboxylic acids is 3. The Kier molecular flexibility index (Phi) is 7.54. The molecular weight excluding hydrogens is 416 g/mol. The summed E-state index contributed by atoms with van der Waals surface area (Å²) in [4.78, 5) is 38.7. The molecule has 9 heteroatoms. The van der Waals surface area contributed by atoms with Crippen molar-refractivity contribution in [2.45, 2.75) is 13.3 Å². The number of anilines is 2. The van der Waals surface area contributed by atoms with Gasteiger partial charge in [0.05, 0.1) is 38.1 Å². The number of nitrogens with one attached hydrogen (secondary N) is 1. The van der Waals surface area contributed by atoms with E-state index in [0.29, 0.717) is 35.2 Å². The number of nitrogens with zero attached hydrogens (tertiary/aromatic N) is 1. The minimum Gasteiger partial charge on any atom is -0.497 e. The Bertz CT molecular complexity index is 992. The van der Waals surface area contributed by atoms with Crippen LogP contribution in [0.25, 0.3) is 0 Å². The molecule has 0 aliphatic carbocycles. The third-order valence-electron chi connectivity index (χ3n) is 4.94. The number of hydrogen-bond acceptors (Lipinski definition) is 7. The minimum absolute atomic E-state index is 0.0111. The van der Waals surface area contributed by atoms with Crippen molar-refractivity contribution in [3.05, 3.63) is 42.5 Å². The highest BCUT2D eigenvalue weighted by Gasteiger charge is 2.37. The number of ether oxygens (including phenoxy) is 4. The van der Waals surface area contributed by atoms with Crippen molar-refractivity contribution in [3.63, 3.8) is 0 Å². The molecule has 1 aliphatic rings. The SMILES string of the molecule is CCOc1ccccc1NC(=O)COC(=O)[C@H]1CC(=O)N(c2ccc(OC)cc2OC)C1. The molecule has 1 saturated heterocycles. The van der Waals surface area contributed by atoms with Gasteiger partial charge in [-0.2, -0.15) is 0 Å². The van der Waals surface area contributed by atoms with E-state index in [4.69, 9.17) is 18.9 Å². The third-order valence-corrected chi connectivity index (χ3v) is 4.94. The van der Waals surface area contributed by atoms with Crippen LogP contribution in [0.1, 0.15) is 13.3 Å². The lowest BCUT2D eigenvalue weighted by Crippen LogP contribution is -2.28. The fourth-order valence-corrected chi connectivity index (χ4v) is 3.40. The predicted molar refractivity (Wildman–Crippen MR) is 117 cm³/mol. The first-order valence-corrected chi connectivity index (χ1v) is 10.2. The largest absolute Gasteiger partial charge is 0.497 e. The van der Waals surface area contributed by atoms with Gasteiger partial charge in [-0.15, -0.1) is 0 Å². The van der Waals surface area contributed by atoms with Crippen molar-refractivity contribution in [1.82, 2.24) is 0 Å². The number of hydrogen-bond donors (Lipinski definition) is 1. The fraction of sp³-hybridized carbons (Fsp3) is 0.348. The predicted octanol–water partition coefficient (Wildman–Crippen LogP) is 2.64. The highest BCUT2D eigenvalue weighted by Crippen LogP contribution is 2.36. The first-order valence-electron chi connectivity index (χ1n) is 10.2. The summed E-state index contributed by atoms with van der Waals surface area (Å²) in [6.45, 7) is 1.96. The second-order valence-corrected chi connectivity index (χ2v) is 7.03. The first-order chi connectivity index (χ1) is 15.5. The van der Waals surface area contributed by atoms with Crippen LogP contribution in [0.4, 0.5) is 11.4 Å². The minimum atomic E-state index is -0.683. The van der Waals surface area contributed by atoms with E-state index in [-0.39, 0.29) is 18.9 Å². The van der Waals surface area contributed by atoms with Gasteiger partial charge in [0.2, 0.25) is 5.91 Å². The van der Waals surface area contributed by atoms with E-state index in [1.807, 2.05) is 6.92 Å². The number of methoxy groups -OCH3 is 2. The van der Waals surface area contributed by atoms with Gasteiger partial charge in [-0.1, -0.05) is 12.1 Å². The van der Waals surface area contributed by atoms with Gasteiger partial charge < -0.3 is 29.2 Å². The van der Waals surface area contributed by atoms with Crippen molar-refractivity contribution >= 4 is 29.2 Å². The monoisotopic (exact) mass is 442 g/mol. The Labute approximate surface area is 186 Å². The van der Waals surface area contributed by atoms with Crippen LogP contribution in [0.3, 0.4) is 0 Å². The molecule has 9 nitrogen and oxygen atoms in total. The summed E-state index contributed by atoms with van der Waals surface area (Å²) in [5.41, 5.74) is 1.03. The summed E-state index contributed by atoms with van der Waals surface area (Å²) in [5, 5.41) is 2.66. The van der Waals surface area contributed by atoms with Crippen molar-refractivity contribution in [2.75, 3.05) is 44.2 Å². The number of benzene rings is 2. The maximum absolute atomic E-state index is 12.5. The Hall–Kier alpha value is -3.75. The molecule has 0 saturated carbocycles. The van der Waals surface area contributed by atoms with Crippen LogP contribution in [0, 0.1) is 5.92 Å². The summed E-state index contributed by atoms with van der Waals surface area (Å²) in [6, 6.07) is 12.1. The van der Waals surface area contributed by atoms with Crippen LogP contribution in [0.15, 0.2) is 42.5 Å². The van der Waals surface area contributed by atoms with E-state index in [9.17, 15) is 14.4 Å². The quantitative estimate of drug-likeness (QED) is 0.596. The van der Waals surface area contributed by atoms with Gasteiger partial charge in [-0.3, -0.25) is 14.4 Å². The Morgan fingerprint density at radius 2 is 1.88 bits per heavy atom. The number of amides is 2. The van der Waals surface area contributed by atoms with E-state index >= 15 is 0 Å². The maximum Gasteiger partial charge on any atom is 0.311 e. The fourth-order valence-electron chi connectivity index (χ4n) is 3.40. The lowest BCUT2D eigenvalue weighted by molar-refractivity contribution is -0.151. The molecule has 170 valence electrons. The molecule has 2 amide bonds. The highest BCUT2D eigenvalue weighted by atomic mass is 16.5.